The van der Waals surface area contributed by atoms with Crippen LogP contribution in [0.4, 0.5) is 5.69 Å². The van der Waals surface area contributed by atoms with Crippen molar-refractivity contribution in [3.05, 3.63) is 24.3 Å². The Bertz CT molecular complexity index is 500. The van der Waals surface area contributed by atoms with E-state index in [9.17, 15) is 4.79 Å². The number of rotatable bonds is 5. The van der Waals surface area contributed by atoms with Gasteiger partial charge in [-0.2, -0.15) is 0 Å². The molecule has 1 heterocycles. The van der Waals surface area contributed by atoms with Crippen LogP contribution in [-0.2, 0) is 4.79 Å². The zero-order chi connectivity index (χ0) is 15.4. The first-order chi connectivity index (χ1) is 10.0. The third-order valence-electron chi connectivity index (χ3n) is 4.16. The molecule has 1 aromatic rings. The van der Waals surface area contributed by atoms with E-state index in [-0.39, 0.29) is 48.7 Å². The van der Waals surface area contributed by atoms with Crippen molar-refractivity contribution in [1.29, 1.82) is 0 Å². The van der Waals surface area contributed by atoms with Crippen LogP contribution in [0.25, 0.3) is 0 Å². The number of carbonyl (C=O) groups is 1. The Balaban J connectivity index is 0.00000242. The van der Waals surface area contributed by atoms with Crippen LogP contribution in [-0.4, -0.2) is 38.2 Å². The standard InChI is InChI=1S/C16H25N3O2.2ClH/c1-11(12(2)17)16(20)18-13-8-9-19(10-13)14-6-4-5-7-15(14)21-3;;/h4-7,11-13H,8-10,17H2,1-3H3,(H,18,20);2*1H. The number of carbonyl (C=O) groups excluding carboxylic acids is 1. The summed E-state index contributed by atoms with van der Waals surface area (Å²) in [6.07, 6.45) is 0.940. The van der Waals surface area contributed by atoms with Gasteiger partial charge in [-0.25, -0.2) is 0 Å². The van der Waals surface area contributed by atoms with Crippen LogP contribution in [0, 0.1) is 5.92 Å². The number of hydrogen-bond donors (Lipinski definition) is 2. The highest BCUT2D eigenvalue weighted by Gasteiger charge is 2.27. The third kappa shape index (κ3) is 5.44. The van der Waals surface area contributed by atoms with Crippen LogP contribution in [0.2, 0.25) is 0 Å². The van der Waals surface area contributed by atoms with E-state index in [1.54, 1.807) is 7.11 Å². The quantitative estimate of drug-likeness (QED) is 0.841. The first-order valence-corrected chi connectivity index (χ1v) is 7.47. The summed E-state index contributed by atoms with van der Waals surface area (Å²) < 4.78 is 5.40. The monoisotopic (exact) mass is 363 g/mol. The largest absolute Gasteiger partial charge is 0.495 e. The number of hydrogen-bond acceptors (Lipinski definition) is 4. The number of halogens is 2. The lowest BCUT2D eigenvalue weighted by molar-refractivity contribution is -0.125. The Labute approximate surface area is 150 Å². The average molecular weight is 364 g/mol. The van der Waals surface area contributed by atoms with Crippen molar-refractivity contribution >= 4 is 36.4 Å². The number of nitrogens with one attached hydrogen (secondary N) is 1. The van der Waals surface area contributed by atoms with Crippen molar-refractivity contribution in [3.63, 3.8) is 0 Å². The molecule has 1 amide bonds. The SMILES string of the molecule is COc1ccccc1N1CCC(NC(=O)C(C)C(C)N)C1.Cl.Cl. The summed E-state index contributed by atoms with van der Waals surface area (Å²) in [4.78, 5) is 14.3. The summed E-state index contributed by atoms with van der Waals surface area (Å²) in [6.45, 7) is 5.45. The van der Waals surface area contributed by atoms with Gasteiger partial charge in [-0.15, -0.1) is 24.8 Å². The van der Waals surface area contributed by atoms with Gasteiger partial charge < -0.3 is 20.7 Å². The first kappa shape index (κ1) is 21.8. The van der Waals surface area contributed by atoms with Crippen molar-refractivity contribution in [2.75, 3.05) is 25.1 Å². The Morgan fingerprint density at radius 1 is 1.35 bits per heavy atom. The fraction of sp³-hybridized carbons (Fsp3) is 0.562. The molecule has 2 rings (SSSR count). The summed E-state index contributed by atoms with van der Waals surface area (Å²) in [5.41, 5.74) is 6.86. The van der Waals surface area contributed by atoms with Gasteiger partial charge in [-0.05, 0) is 25.5 Å². The lowest BCUT2D eigenvalue weighted by Gasteiger charge is -2.22. The number of para-hydroxylation sites is 2. The topological polar surface area (TPSA) is 67.6 Å². The predicted molar refractivity (Wildman–Crippen MR) is 99.1 cm³/mol. The summed E-state index contributed by atoms with van der Waals surface area (Å²) in [6, 6.07) is 8.01. The average Bonchev–Trinajstić information content (AvgIpc) is 2.94. The molecule has 3 unspecified atom stereocenters. The van der Waals surface area contributed by atoms with E-state index in [4.69, 9.17) is 10.5 Å². The van der Waals surface area contributed by atoms with Crippen LogP contribution >= 0.6 is 24.8 Å². The number of ether oxygens (including phenoxy) is 1. The molecule has 3 atom stereocenters. The number of anilines is 1. The molecule has 3 N–H and O–H groups in total. The van der Waals surface area contributed by atoms with E-state index in [0.717, 1.165) is 30.9 Å². The molecule has 0 radical (unpaired) electrons. The summed E-state index contributed by atoms with van der Waals surface area (Å²) in [5.74, 6) is 0.746. The van der Waals surface area contributed by atoms with Crippen LogP contribution < -0.4 is 20.7 Å². The lowest BCUT2D eigenvalue weighted by atomic mass is 10.0. The zero-order valence-corrected chi connectivity index (χ0v) is 15.5. The Morgan fingerprint density at radius 2 is 2.00 bits per heavy atom. The Hall–Kier alpha value is -1.17. The molecule has 132 valence electrons. The second-order valence-electron chi connectivity index (χ2n) is 5.76. The highest BCUT2D eigenvalue weighted by Crippen LogP contribution is 2.30. The number of benzene rings is 1. The fourth-order valence-electron chi connectivity index (χ4n) is 2.56. The number of nitrogens with zero attached hydrogens (tertiary/aromatic N) is 1. The maximum Gasteiger partial charge on any atom is 0.224 e. The molecule has 1 saturated heterocycles. The second-order valence-corrected chi connectivity index (χ2v) is 5.76. The van der Waals surface area contributed by atoms with Crippen LogP contribution in [0.5, 0.6) is 5.75 Å². The van der Waals surface area contributed by atoms with Crippen molar-refractivity contribution in [2.24, 2.45) is 11.7 Å². The molecule has 0 spiro atoms. The third-order valence-corrected chi connectivity index (χ3v) is 4.16. The second kappa shape index (κ2) is 9.85. The summed E-state index contributed by atoms with van der Waals surface area (Å²) in [7, 11) is 1.68. The van der Waals surface area contributed by atoms with Crippen molar-refractivity contribution < 1.29 is 9.53 Å². The first-order valence-electron chi connectivity index (χ1n) is 7.47. The van der Waals surface area contributed by atoms with E-state index in [1.807, 2.05) is 38.1 Å². The highest BCUT2D eigenvalue weighted by atomic mass is 35.5. The highest BCUT2D eigenvalue weighted by molar-refractivity contribution is 5.85. The molecule has 5 nitrogen and oxygen atoms in total. The predicted octanol–water partition coefficient (Wildman–Crippen LogP) is 2.22. The number of methoxy groups -OCH3 is 1. The van der Waals surface area contributed by atoms with Gasteiger partial charge in [-0.1, -0.05) is 19.1 Å². The van der Waals surface area contributed by atoms with Gasteiger partial charge in [-0.3, -0.25) is 4.79 Å². The van der Waals surface area contributed by atoms with Gasteiger partial charge >= 0.3 is 0 Å². The molecule has 7 heteroatoms. The number of amides is 1. The van der Waals surface area contributed by atoms with E-state index in [2.05, 4.69) is 10.2 Å². The van der Waals surface area contributed by atoms with Gasteiger partial charge in [0.2, 0.25) is 5.91 Å². The molecule has 23 heavy (non-hydrogen) atoms. The van der Waals surface area contributed by atoms with E-state index < -0.39 is 0 Å². The van der Waals surface area contributed by atoms with Crippen molar-refractivity contribution in [3.8, 4) is 5.75 Å². The minimum Gasteiger partial charge on any atom is -0.495 e. The molecule has 1 aliphatic rings. The van der Waals surface area contributed by atoms with Gasteiger partial charge in [0, 0.05) is 31.1 Å². The smallest absolute Gasteiger partial charge is 0.224 e. The lowest BCUT2D eigenvalue weighted by Crippen LogP contribution is -2.44. The molecule has 1 fully saturated rings. The molecular formula is C16H27Cl2N3O2. The maximum atomic E-state index is 12.1. The van der Waals surface area contributed by atoms with E-state index in [0.29, 0.717) is 0 Å². The number of nitrogens with two attached hydrogens (primary N) is 1. The fourth-order valence-corrected chi connectivity index (χ4v) is 2.56. The molecule has 1 aromatic carbocycles. The van der Waals surface area contributed by atoms with E-state index >= 15 is 0 Å². The normalized spacial score (nSPS) is 19.1. The van der Waals surface area contributed by atoms with Gasteiger partial charge in [0.15, 0.2) is 0 Å². The maximum absolute atomic E-state index is 12.1. The molecule has 0 saturated carbocycles. The van der Waals surface area contributed by atoms with Crippen LogP contribution in [0.15, 0.2) is 24.3 Å². The van der Waals surface area contributed by atoms with Gasteiger partial charge in [0.05, 0.1) is 12.8 Å². The van der Waals surface area contributed by atoms with Gasteiger partial charge in [0.1, 0.15) is 5.75 Å². The van der Waals surface area contributed by atoms with Crippen molar-refractivity contribution in [2.45, 2.75) is 32.4 Å². The van der Waals surface area contributed by atoms with Crippen molar-refractivity contribution in [1.82, 2.24) is 5.32 Å². The Kier molecular flexibility index (Phi) is 9.35. The zero-order valence-electron chi connectivity index (χ0n) is 13.8. The van der Waals surface area contributed by atoms with Crippen LogP contribution in [0.3, 0.4) is 0 Å². The van der Waals surface area contributed by atoms with Gasteiger partial charge in [0.25, 0.3) is 0 Å². The molecule has 0 aromatic heterocycles. The molecule has 0 aliphatic carbocycles. The minimum absolute atomic E-state index is 0. The van der Waals surface area contributed by atoms with E-state index in [1.165, 1.54) is 0 Å². The molecular weight excluding hydrogens is 337 g/mol. The summed E-state index contributed by atoms with van der Waals surface area (Å²) >= 11 is 0. The minimum atomic E-state index is -0.162. The molecule has 1 aliphatic heterocycles. The Morgan fingerprint density at radius 3 is 2.61 bits per heavy atom. The summed E-state index contributed by atoms with van der Waals surface area (Å²) in [5, 5.41) is 3.10. The molecule has 0 bridgehead atoms. The van der Waals surface area contributed by atoms with Crippen LogP contribution in [0.1, 0.15) is 20.3 Å².